The smallest absolute Gasteiger partial charge is 0.224 e. The van der Waals surface area contributed by atoms with E-state index in [1.807, 2.05) is 0 Å². The number of halogens is 1. The highest BCUT2D eigenvalue weighted by molar-refractivity contribution is 8.13. The molecule has 0 aromatic heterocycles. The topological polar surface area (TPSA) is 68.3 Å². The van der Waals surface area contributed by atoms with Crippen LogP contribution < -0.4 is 0 Å². The lowest BCUT2D eigenvalue weighted by molar-refractivity contribution is 0.601. The Labute approximate surface area is 99.6 Å². The maximum atomic E-state index is 11.3. The van der Waals surface area contributed by atoms with Crippen molar-refractivity contribution in [2.45, 2.75) is 23.6 Å². The first-order valence-corrected chi connectivity index (χ1v) is 8.49. The van der Waals surface area contributed by atoms with Gasteiger partial charge in [0.05, 0.1) is 9.79 Å². The zero-order valence-electron chi connectivity index (χ0n) is 8.98. The van der Waals surface area contributed by atoms with Crippen LogP contribution in [-0.2, 0) is 18.9 Å². The Bertz CT molecular complexity index is 630. The van der Waals surface area contributed by atoms with E-state index in [0.717, 1.165) is 12.3 Å². The molecule has 4 nitrogen and oxygen atoms in total. The predicted octanol–water partition coefficient (Wildman–Crippen LogP) is 1.63. The van der Waals surface area contributed by atoms with Crippen LogP contribution in [0.4, 0.5) is 0 Å². The molecule has 0 amide bonds. The highest BCUT2D eigenvalue weighted by Crippen LogP contribution is 2.26. The molecule has 0 aliphatic rings. The van der Waals surface area contributed by atoms with Crippen molar-refractivity contribution in [2.24, 2.45) is 0 Å². The minimum absolute atomic E-state index is 0.0465. The van der Waals surface area contributed by atoms with Crippen molar-refractivity contribution < 1.29 is 16.8 Å². The fourth-order valence-electron chi connectivity index (χ4n) is 1.26. The van der Waals surface area contributed by atoms with E-state index in [9.17, 15) is 16.8 Å². The van der Waals surface area contributed by atoms with E-state index in [1.165, 1.54) is 6.07 Å². The summed E-state index contributed by atoms with van der Waals surface area (Å²) >= 11 is 0. The third-order valence-electron chi connectivity index (χ3n) is 2.28. The Balaban J connectivity index is 3.72. The Hall–Kier alpha value is -0.590. The van der Waals surface area contributed by atoms with Crippen LogP contribution in [0.25, 0.3) is 0 Å². The fourth-order valence-corrected chi connectivity index (χ4v) is 3.34. The zero-order valence-corrected chi connectivity index (χ0v) is 11.4. The van der Waals surface area contributed by atoms with E-state index in [4.69, 9.17) is 10.7 Å². The lowest BCUT2D eigenvalue weighted by atomic mass is 10.1. The standard InChI is InChI=1S/C9H11ClO4S2/c1-6-4-8(15(3,11)12)5-9(7(6)2)16(10,13)14/h4-5H,1-3H3. The molecule has 1 aromatic carbocycles. The summed E-state index contributed by atoms with van der Waals surface area (Å²) in [6, 6.07) is 2.51. The molecule has 0 spiro atoms. The minimum atomic E-state index is -3.93. The third-order valence-corrected chi connectivity index (χ3v) is 4.82. The molecular weight excluding hydrogens is 272 g/mol. The Morgan fingerprint density at radius 3 is 1.94 bits per heavy atom. The van der Waals surface area contributed by atoms with Gasteiger partial charge in [-0.25, -0.2) is 16.8 Å². The van der Waals surface area contributed by atoms with Gasteiger partial charge in [-0.1, -0.05) is 0 Å². The highest BCUT2D eigenvalue weighted by Gasteiger charge is 2.19. The van der Waals surface area contributed by atoms with Gasteiger partial charge < -0.3 is 0 Å². The van der Waals surface area contributed by atoms with Crippen LogP contribution in [0.5, 0.6) is 0 Å². The van der Waals surface area contributed by atoms with E-state index in [0.29, 0.717) is 11.1 Å². The number of aryl methyl sites for hydroxylation is 1. The quantitative estimate of drug-likeness (QED) is 0.773. The second-order valence-corrected chi connectivity index (χ2v) is 8.12. The third kappa shape index (κ3) is 2.75. The average molecular weight is 283 g/mol. The summed E-state index contributed by atoms with van der Waals surface area (Å²) in [6.07, 6.45) is 1.02. The molecule has 0 unspecified atom stereocenters. The SMILES string of the molecule is Cc1cc(S(C)(=O)=O)cc(S(=O)(=O)Cl)c1C. The van der Waals surface area contributed by atoms with Crippen molar-refractivity contribution in [3.63, 3.8) is 0 Å². The molecule has 1 rings (SSSR count). The zero-order chi connectivity index (χ0) is 12.7. The normalized spacial score (nSPS) is 12.8. The minimum Gasteiger partial charge on any atom is -0.224 e. The number of hydrogen-bond donors (Lipinski definition) is 0. The first-order valence-electron chi connectivity index (χ1n) is 4.29. The van der Waals surface area contributed by atoms with E-state index < -0.39 is 18.9 Å². The van der Waals surface area contributed by atoms with E-state index in [2.05, 4.69) is 0 Å². The van der Waals surface area contributed by atoms with Gasteiger partial charge in [0, 0.05) is 16.9 Å². The molecule has 1 aromatic rings. The van der Waals surface area contributed by atoms with Gasteiger partial charge in [-0.3, -0.25) is 0 Å². The molecule has 0 saturated carbocycles. The summed E-state index contributed by atoms with van der Waals surface area (Å²) in [7, 11) is -2.14. The molecule has 16 heavy (non-hydrogen) atoms. The van der Waals surface area contributed by atoms with Gasteiger partial charge in [0.1, 0.15) is 0 Å². The number of rotatable bonds is 2. The second-order valence-electron chi connectivity index (χ2n) is 3.57. The first-order chi connectivity index (χ1) is 7.03. The Kier molecular flexibility index (Phi) is 3.38. The summed E-state index contributed by atoms with van der Waals surface area (Å²) in [4.78, 5) is -0.204. The van der Waals surface area contributed by atoms with Crippen LogP contribution in [0.2, 0.25) is 0 Å². The maximum Gasteiger partial charge on any atom is 0.261 e. The van der Waals surface area contributed by atoms with Gasteiger partial charge in [0.25, 0.3) is 9.05 Å². The summed E-state index contributed by atoms with van der Waals surface area (Å²) in [5, 5.41) is 0. The van der Waals surface area contributed by atoms with Crippen molar-refractivity contribution in [3.05, 3.63) is 23.3 Å². The summed E-state index contributed by atoms with van der Waals surface area (Å²) in [6.45, 7) is 3.21. The molecule has 7 heteroatoms. The molecule has 0 atom stereocenters. The first kappa shape index (κ1) is 13.5. The molecule has 0 radical (unpaired) electrons. The van der Waals surface area contributed by atoms with Crippen LogP contribution in [0.1, 0.15) is 11.1 Å². The predicted molar refractivity (Wildman–Crippen MR) is 62.1 cm³/mol. The lowest BCUT2D eigenvalue weighted by Crippen LogP contribution is -2.03. The van der Waals surface area contributed by atoms with E-state index >= 15 is 0 Å². The molecule has 0 aliphatic heterocycles. The average Bonchev–Trinajstić information content (AvgIpc) is 2.05. The van der Waals surface area contributed by atoms with Gasteiger partial charge in [-0.15, -0.1) is 0 Å². The summed E-state index contributed by atoms with van der Waals surface area (Å²) in [5.74, 6) is 0. The Morgan fingerprint density at radius 1 is 1.06 bits per heavy atom. The summed E-state index contributed by atoms with van der Waals surface area (Å²) < 4.78 is 45.2. The maximum absolute atomic E-state index is 11.3. The fraction of sp³-hybridized carbons (Fsp3) is 0.333. The van der Waals surface area contributed by atoms with Gasteiger partial charge in [0.2, 0.25) is 0 Å². The van der Waals surface area contributed by atoms with Crippen molar-refractivity contribution in [3.8, 4) is 0 Å². The second kappa shape index (κ2) is 4.01. The van der Waals surface area contributed by atoms with Gasteiger partial charge in [-0.2, -0.15) is 0 Å². The Morgan fingerprint density at radius 2 is 1.56 bits per heavy atom. The number of hydrogen-bond acceptors (Lipinski definition) is 4. The molecule has 0 bridgehead atoms. The molecule has 90 valence electrons. The number of benzene rings is 1. The monoisotopic (exact) mass is 282 g/mol. The molecule has 0 N–H and O–H groups in total. The highest BCUT2D eigenvalue weighted by atomic mass is 35.7. The molecule has 0 aliphatic carbocycles. The molecular formula is C9H11ClO4S2. The van der Waals surface area contributed by atoms with Crippen LogP contribution in [-0.4, -0.2) is 23.1 Å². The molecule has 0 heterocycles. The largest absolute Gasteiger partial charge is 0.261 e. The van der Waals surface area contributed by atoms with Crippen molar-refractivity contribution in [1.82, 2.24) is 0 Å². The summed E-state index contributed by atoms with van der Waals surface area (Å²) in [5.41, 5.74) is 1.03. The lowest BCUT2D eigenvalue weighted by Gasteiger charge is -2.08. The molecule has 0 fully saturated rings. The van der Waals surface area contributed by atoms with Crippen molar-refractivity contribution in [1.29, 1.82) is 0 Å². The van der Waals surface area contributed by atoms with Crippen LogP contribution >= 0.6 is 10.7 Å². The van der Waals surface area contributed by atoms with Crippen LogP contribution in [0.3, 0.4) is 0 Å². The number of sulfone groups is 1. The van der Waals surface area contributed by atoms with Gasteiger partial charge in [0.15, 0.2) is 9.84 Å². The van der Waals surface area contributed by atoms with Crippen LogP contribution in [0, 0.1) is 13.8 Å². The van der Waals surface area contributed by atoms with Gasteiger partial charge in [-0.05, 0) is 37.1 Å². The van der Waals surface area contributed by atoms with E-state index in [1.54, 1.807) is 13.8 Å². The van der Waals surface area contributed by atoms with Crippen molar-refractivity contribution >= 4 is 29.6 Å². The van der Waals surface area contributed by atoms with Crippen molar-refractivity contribution in [2.75, 3.05) is 6.26 Å². The molecule has 0 saturated heterocycles. The van der Waals surface area contributed by atoms with E-state index in [-0.39, 0.29) is 9.79 Å². The van der Waals surface area contributed by atoms with Gasteiger partial charge >= 0.3 is 0 Å². The van der Waals surface area contributed by atoms with Crippen LogP contribution in [0.15, 0.2) is 21.9 Å².